The van der Waals surface area contributed by atoms with Crippen LogP contribution in [0, 0.1) is 12.3 Å². The van der Waals surface area contributed by atoms with Crippen molar-refractivity contribution >= 4 is 11.4 Å². The molecule has 17 heavy (non-hydrogen) atoms. The Kier molecular flexibility index (Phi) is 2.35. The van der Waals surface area contributed by atoms with Crippen molar-refractivity contribution in [2.45, 2.75) is 39.7 Å². The minimum absolute atomic E-state index is 0.423. The van der Waals surface area contributed by atoms with E-state index < -0.39 is 0 Å². The van der Waals surface area contributed by atoms with Gasteiger partial charge in [-0.2, -0.15) is 0 Å². The minimum atomic E-state index is 0.423. The summed E-state index contributed by atoms with van der Waals surface area (Å²) in [5.74, 6) is 0. The maximum absolute atomic E-state index is 3.60. The van der Waals surface area contributed by atoms with Crippen LogP contribution in [-0.2, 0) is 0 Å². The van der Waals surface area contributed by atoms with E-state index in [2.05, 4.69) is 49.2 Å². The molecule has 1 unspecified atom stereocenters. The van der Waals surface area contributed by atoms with E-state index in [4.69, 9.17) is 0 Å². The lowest BCUT2D eigenvalue weighted by molar-refractivity contribution is 0.217. The molecule has 0 saturated carbocycles. The van der Waals surface area contributed by atoms with Crippen LogP contribution in [0.25, 0.3) is 0 Å². The Hall–Kier alpha value is -1.18. The molecule has 2 nitrogen and oxygen atoms in total. The summed E-state index contributed by atoms with van der Waals surface area (Å²) >= 11 is 0. The third kappa shape index (κ3) is 1.70. The van der Waals surface area contributed by atoms with Gasteiger partial charge in [0.05, 0.1) is 17.4 Å². The predicted molar refractivity (Wildman–Crippen MR) is 73.8 cm³/mol. The van der Waals surface area contributed by atoms with Gasteiger partial charge in [-0.15, -0.1) is 0 Å². The molecule has 1 atom stereocenters. The fourth-order valence-corrected chi connectivity index (χ4v) is 3.36. The van der Waals surface area contributed by atoms with Gasteiger partial charge in [0.2, 0.25) is 0 Å². The van der Waals surface area contributed by atoms with E-state index in [1.54, 1.807) is 0 Å². The van der Waals surface area contributed by atoms with Gasteiger partial charge in [-0.05, 0) is 42.9 Å². The van der Waals surface area contributed by atoms with Crippen molar-refractivity contribution < 1.29 is 0 Å². The van der Waals surface area contributed by atoms with Gasteiger partial charge in [0.1, 0.15) is 0 Å². The molecule has 2 heterocycles. The highest BCUT2D eigenvalue weighted by atomic mass is 15.2. The first-order chi connectivity index (χ1) is 8.08. The second-order valence-electron chi connectivity index (χ2n) is 6.20. The second kappa shape index (κ2) is 3.66. The highest BCUT2D eigenvalue weighted by Gasteiger charge is 2.40. The van der Waals surface area contributed by atoms with Crippen LogP contribution < -0.4 is 10.2 Å². The molecular weight excluding hydrogens is 208 g/mol. The number of nitrogens with one attached hydrogen (secondary N) is 1. The highest BCUT2D eigenvalue weighted by molar-refractivity contribution is 5.74. The third-order valence-corrected chi connectivity index (χ3v) is 4.45. The Morgan fingerprint density at radius 1 is 1.35 bits per heavy atom. The Labute approximate surface area is 104 Å². The Morgan fingerprint density at radius 3 is 3.00 bits per heavy atom. The molecule has 2 aliphatic rings. The Balaban J connectivity index is 2.03. The van der Waals surface area contributed by atoms with Crippen LogP contribution in [0.1, 0.15) is 32.3 Å². The third-order valence-electron chi connectivity index (χ3n) is 4.45. The molecule has 1 fully saturated rings. The van der Waals surface area contributed by atoms with Gasteiger partial charge in [0.25, 0.3) is 0 Å². The summed E-state index contributed by atoms with van der Waals surface area (Å²) in [5.41, 5.74) is 4.50. The monoisotopic (exact) mass is 230 g/mol. The van der Waals surface area contributed by atoms with Crippen LogP contribution in [0.15, 0.2) is 18.2 Å². The van der Waals surface area contributed by atoms with E-state index >= 15 is 0 Å². The molecule has 1 aromatic carbocycles. The molecule has 0 aliphatic carbocycles. The normalized spacial score (nSPS) is 25.8. The molecule has 0 radical (unpaired) electrons. The van der Waals surface area contributed by atoms with Gasteiger partial charge < -0.3 is 10.2 Å². The highest BCUT2D eigenvalue weighted by Crippen LogP contribution is 2.43. The summed E-state index contributed by atoms with van der Waals surface area (Å²) in [7, 11) is 0. The largest absolute Gasteiger partial charge is 0.381 e. The summed E-state index contributed by atoms with van der Waals surface area (Å²) in [6.45, 7) is 9.30. The first-order valence-electron chi connectivity index (χ1n) is 6.69. The molecular formula is C15H22N2. The minimum Gasteiger partial charge on any atom is -0.381 e. The van der Waals surface area contributed by atoms with Crippen molar-refractivity contribution in [2.24, 2.45) is 5.41 Å². The fourth-order valence-electron chi connectivity index (χ4n) is 3.36. The van der Waals surface area contributed by atoms with Gasteiger partial charge in [0, 0.05) is 13.1 Å². The van der Waals surface area contributed by atoms with Gasteiger partial charge in [-0.25, -0.2) is 0 Å². The van der Waals surface area contributed by atoms with E-state index in [1.165, 1.54) is 36.3 Å². The lowest BCUT2D eigenvalue weighted by Gasteiger charge is -2.51. The first kappa shape index (κ1) is 10.9. The topological polar surface area (TPSA) is 15.3 Å². The molecule has 1 saturated heterocycles. The quantitative estimate of drug-likeness (QED) is 0.734. The Morgan fingerprint density at radius 2 is 2.18 bits per heavy atom. The van der Waals surface area contributed by atoms with E-state index in [0.29, 0.717) is 11.5 Å². The molecule has 92 valence electrons. The van der Waals surface area contributed by atoms with Crippen LogP contribution >= 0.6 is 0 Å². The molecule has 2 aliphatic heterocycles. The van der Waals surface area contributed by atoms with E-state index in [-0.39, 0.29) is 0 Å². The number of aryl methyl sites for hydroxylation is 1. The lowest BCUT2D eigenvalue weighted by Crippen LogP contribution is -2.55. The summed E-state index contributed by atoms with van der Waals surface area (Å²) in [4.78, 5) is 2.63. The number of rotatable bonds is 0. The maximum Gasteiger partial charge on any atom is 0.0608 e. The van der Waals surface area contributed by atoms with Crippen molar-refractivity contribution in [2.75, 3.05) is 23.3 Å². The fraction of sp³-hybridized carbons (Fsp3) is 0.600. The second-order valence-corrected chi connectivity index (χ2v) is 6.20. The number of anilines is 2. The van der Waals surface area contributed by atoms with Gasteiger partial charge in [-0.1, -0.05) is 19.9 Å². The van der Waals surface area contributed by atoms with Crippen LogP contribution in [-0.4, -0.2) is 19.1 Å². The average molecular weight is 230 g/mol. The van der Waals surface area contributed by atoms with Crippen molar-refractivity contribution in [3.8, 4) is 0 Å². The van der Waals surface area contributed by atoms with Gasteiger partial charge >= 0.3 is 0 Å². The lowest BCUT2D eigenvalue weighted by atomic mass is 9.75. The van der Waals surface area contributed by atoms with Crippen molar-refractivity contribution in [3.63, 3.8) is 0 Å². The summed E-state index contributed by atoms with van der Waals surface area (Å²) < 4.78 is 0. The predicted octanol–water partition coefficient (Wildman–Crippen LogP) is 3.42. The zero-order valence-corrected chi connectivity index (χ0v) is 11.1. The number of piperidine rings is 1. The zero-order chi connectivity index (χ0) is 12.0. The summed E-state index contributed by atoms with van der Waals surface area (Å²) in [5, 5.41) is 3.60. The molecule has 2 heteroatoms. The van der Waals surface area contributed by atoms with Crippen molar-refractivity contribution in [1.29, 1.82) is 0 Å². The molecule has 0 amide bonds. The first-order valence-corrected chi connectivity index (χ1v) is 6.69. The molecule has 0 bridgehead atoms. The number of benzene rings is 1. The Bertz CT molecular complexity index is 437. The maximum atomic E-state index is 3.60. The van der Waals surface area contributed by atoms with Gasteiger partial charge in [0.15, 0.2) is 0 Å². The van der Waals surface area contributed by atoms with Crippen molar-refractivity contribution in [1.82, 2.24) is 0 Å². The standard InChI is InChI=1S/C15H22N2/c1-11-5-6-12-13(9-11)17-8-4-7-15(2,3)14(17)10-16-12/h5-6,9,14,16H,4,7-8,10H2,1-3H3. The summed E-state index contributed by atoms with van der Waals surface area (Å²) in [6, 6.07) is 7.39. The number of fused-ring (bicyclic) bond motifs is 3. The molecule has 0 aromatic heterocycles. The smallest absolute Gasteiger partial charge is 0.0608 e. The zero-order valence-electron chi connectivity index (χ0n) is 11.1. The van der Waals surface area contributed by atoms with Crippen LogP contribution in [0.3, 0.4) is 0 Å². The number of hydrogen-bond acceptors (Lipinski definition) is 2. The van der Waals surface area contributed by atoms with E-state index in [9.17, 15) is 0 Å². The summed E-state index contributed by atoms with van der Waals surface area (Å²) in [6.07, 6.45) is 2.66. The number of hydrogen-bond donors (Lipinski definition) is 1. The van der Waals surface area contributed by atoms with Crippen LogP contribution in [0.5, 0.6) is 0 Å². The van der Waals surface area contributed by atoms with Gasteiger partial charge in [-0.3, -0.25) is 0 Å². The molecule has 0 spiro atoms. The van der Waals surface area contributed by atoms with E-state index in [1.807, 2.05) is 0 Å². The van der Waals surface area contributed by atoms with Crippen LogP contribution in [0.4, 0.5) is 11.4 Å². The molecule has 1 N–H and O–H groups in total. The van der Waals surface area contributed by atoms with E-state index in [0.717, 1.165) is 6.54 Å². The number of nitrogens with zero attached hydrogens (tertiary/aromatic N) is 1. The molecule has 1 aromatic rings. The SMILES string of the molecule is Cc1ccc2c(c1)N1CCCC(C)(C)C1CN2. The molecule has 3 rings (SSSR count). The van der Waals surface area contributed by atoms with Crippen molar-refractivity contribution in [3.05, 3.63) is 23.8 Å². The average Bonchev–Trinajstić information content (AvgIpc) is 2.28. The van der Waals surface area contributed by atoms with Crippen LogP contribution in [0.2, 0.25) is 0 Å².